The highest BCUT2D eigenvalue weighted by molar-refractivity contribution is 7.99. The molecule has 1 heterocycles. The molecule has 3 rings (SSSR count). The molecule has 1 aliphatic rings. The molecule has 0 radical (unpaired) electrons. The van der Waals surface area contributed by atoms with E-state index in [1.807, 2.05) is 24.3 Å². The van der Waals surface area contributed by atoms with Gasteiger partial charge in [-0.2, -0.15) is 10.5 Å². The summed E-state index contributed by atoms with van der Waals surface area (Å²) < 4.78 is 5.18. The van der Waals surface area contributed by atoms with Crippen molar-refractivity contribution in [2.24, 2.45) is 0 Å². The Morgan fingerprint density at radius 1 is 1.14 bits per heavy atom. The minimum atomic E-state index is 0.289. The second-order valence-electron chi connectivity index (χ2n) is 4.90. The number of thioether (sulfide) groups is 1. The van der Waals surface area contributed by atoms with Gasteiger partial charge >= 0.3 is 0 Å². The van der Waals surface area contributed by atoms with E-state index in [4.69, 9.17) is 10.5 Å². The fourth-order valence-electron chi connectivity index (χ4n) is 2.73. The van der Waals surface area contributed by atoms with Crippen LogP contribution in [0.5, 0.6) is 5.75 Å². The number of benzene rings is 2. The van der Waals surface area contributed by atoms with Crippen LogP contribution in [0.4, 0.5) is 5.69 Å². The number of rotatable bonds is 2. The quantitative estimate of drug-likeness (QED) is 0.860. The number of nitrogens with two attached hydrogens (primary N) is 1. The van der Waals surface area contributed by atoms with Crippen LogP contribution in [0.1, 0.15) is 16.7 Å². The van der Waals surface area contributed by atoms with E-state index in [-0.39, 0.29) is 5.69 Å². The summed E-state index contributed by atoms with van der Waals surface area (Å²) >= 11 is 1.68. The Morgan fingerprint density at radius 3 is 2.41 bits per heavy atom. The number of fused-ring (bicyclic) bond motifs is 1. The third-order valence-electron chi connectivity index (χ3n) is 3.79. The monoisotopic (exact) mass is 307 g/mol. The Kier molecular flexibility index (Phi) is 3.66. The maximum atomic E-state index is 9.54. The predicted molar refractivity (Wildman–Crippen MR) is 86.7 cm³/mol. The van der Waals surface area contributed by atoms with E-state index >= 15 is 0 Å². The molecule has 0 aromatic heterocycles. The fraction of sp³-hybridized carbons (Fsp3) is 0.176. The van der Waals surface area contributed by atoms with Gasteiger partial charge in [0.1, 0.15) is 17.9 Å². The van der Waals surface area contributed by atoms with Crippen LogP contribution >= 0.6 is 11.8 Å². The van der Waals surface area contributed by atoms with Gasteiger partial charge in [-0.15, -0.1) is 11.8 Å². The van der Waals surface area contributed by atoms with Gasteiger partial charge in [-0.05, 0) is 29.7 Å². The number of nitrogens with zero attached hydrogens (tertiary/aromatic N) is 2. The molecule has 2 N–H and O–H groups in total. The molecule has 0 amide bonds. The number of methoxy groups -OCH3 is 1. The zero-order chi connectivity index (χ0) is 15.7. The van der Waals surface area contributed by atoms with Crippen molar-refractivity contribution in [1.29, 1.82) is 10.5 Å². The summed E-state index contributed by atoms with van der Waals surface area (Å²) in [5, 5.41) is 18.9. The second kappa shape index (κ2) is 5.63. The first kappa shape index (κ1) is 14.3. The molecule has 108 valence electrons. The molecular formula is C17H13N3OS. The largest absolute Gasteiger partial charge is 0.497 e. The molecule has 0 saturated heterocycles. The summed E-state index contributed by atoms with van der Waals surface area (Å²) in [6.07, 6.45) is 0.807. The molecule has 0 saturated carbocycles. The van der Waals surface area contributed by atoms with Crippen molar-refractivity contribution in [2.75, 3.05) is 18.6 Å². The maximum Gasteiger partial charge on any atom is 0.118 e. The van der Waals surface area contributed by atoms with Crippen molar-refractivity contribution in [3.8, 4) is 29.0 Å². The number of ether oxygens (including phenoxy) is 1. The second-order valence-corrected chi connectivity index (χ2v) is 6.00. The van der Waals surface area contributed by atoms with E-state index in [1.54, 1.807) is 18.9 Å². The molecule has 0 atom stereocenters. The van der Waals surface area contributed by atoms with Crippen LogP contribution in [0.2, 0.25) is 0 Å². The van der Waals surface area contributed by atoms with E-state index in [1.165, 1.54) is 0 Å². The van der Waals surface area contributed by atoms with Crippen molar-refractivity contribution in [3.63, 3.8) is 0 Å². The maximum absolute atomic E-state index is 9.54. The van der Waals surface area contributed by atoms with Crippen molar-refractivity contribution < 1.29 is 4.74 Å². The summed E-state index contributed by atoms with van der Waals surface area (Å²) in [6, 6.07) is 11.9. The van der Waals surface area contributed by atoms with E-state index in [0.29, 0.717) is 11.1 Å². The SMILES string of the molecule is COc1ccc(-c2c(C#N)c(N)c(C#N)c3c2SCC3)cc1. The number of nitrogen functional groups attached to an aromatic ring is 1. The van der Waals surface area contributed by atoms with Crippen LogP contribution in [0, 0.1) is 22.7 Å². The normalized spacial score (nSPS) is 12.3. The van der Waals surface area contributed by atoms with Gasteiger partial charge in [0.25, 0.3) is 0 Å². The third-order valence-corrected chi connectivity index (χ3v) is 4.94. The van der Waals surface area contributed by atoms with Crippen molar-refractivity contribution in [3.05, 3.63) is 41.0 Å². The van der Waals surface area contributed by atoms with E-state index in [0.717, 1.165) is 39.5 Å². The Bertz CT molecular complexity index is 825. The van der Waals surface area contributed by atoms with Crippen LogP contribution in [0.3, 0.4) is 0 Å². The summed E-state index contributed by atoms with van der Waals surface area (Å²) in [6.45, 7) is 0. The van der Waals surface area contributed by atoms with Crippen molar-refractivity contribution in [1.82, 2.24) is 0 Å². The van der Waals surface area contributed by atoms with Gasteiger partial charge in [0.15, 0.2) is 0 Å². The minimum Gasteiger partial charge on any atom is -0.497 e. The molecule has 2 aromatic carbocycles. The average Bonchev–Trinajstić information content (AvgIpc) is 3.03. The molecule has 0 spiro atoms. The molecule has 0 bridgehead atoms. The standard InChI is InChI=1S/C17H13N3OS/c1-21-11-4-2-10(3-5-11)15-14(9-19)16(20)13(8-18)12-6-7-22-17(12)15/h2-5H,6-7,20H2,1H3. The molecule has 0 aliphatic carbocycles. The summed E-state index contributed by atoms with van der Waals surface area (Å²) in [4.78, 5) is 1.01. The Labute approximate surface area is 133 Å². The summed E-state index contributed by atoms with van der Waals surface area (Å²) in [5.74, 6) is 1.66. The smallest absolute Gasteiger partial charge is 0.118 e. The van der Waals surface area contributed by atoms with Gasteiger partial charge in [-0.3, -0.25) is 0 Å². The summed E-state index contributed by atoms with van der Waals surface area (Å²) in [5.41, 5.74) is 9.93. The summed E-state index contributed by atoms with van der Waals surface area (Å²) in [7, 11) is 1.61. The highest BCUT2D eigenvalue weighted by atomic mass is 32.2. The number of anilines is 1. The van der Waals surface area contributed by atoms with Gasteiger partial charge < -0.3 is 10.5 Å². The molecule has 5 heteroatoms. The minimum absolute atomic E-state index is 0.289. The highest BCUT2D eigenvalue weighted by Crippen LogP contribution is 2.46. The van der Waals surface area contributed by atoms with Crippen molar-refractivity contribution in [2.45, 2.75) is 11.3 Å². The lowest BCUT2D eigenvalue weighted by atomic mass is 9.91. The van der Waals surface area contributed by atoms with Gasteiger partial charge in [-0.1, -0.05) is 12.1 Å². The third kappa shape index (κ3) is 2.07. The molecular weight excluding hydrogens is 294 g/mol. The number of hydrogen-bond donors (Lipinski definition) is 1. The van der Waals surface area contributed by atoms with Crippen LogP contribution in [-0.4, -0.2) is 12.9 Å². The van der Waals surface area contributed by atoms with Crippen molar-refractivity contribution >= 4 is 17.4 Å². The lowest BCUT2D eigenvalue weighted by molar-refractivity contribution is 0.415. The molecule has 2 aromatic rings. The van der Waals surface area contributed by atoms with Crippen LogP contribution in [0.15, 0.2) is 29.2 Å². The first-order chi connectivity index (χ1) is 10.7. The average molecular weight is 307 g/mol. The Balaban J connectivity index is 2.32. The van der Waals surface area contributed by atoms with E-state index < -0.39 is 0 Å². The van der Waals surface area contributed by atoms with Gasteiger partial charge in [0.2, 0.25) is 0 Å². The number of nitriles is 2. The molecule has 22 heavy (non-hydrogen) atoms. The van der Waals surface area contributed by atoms with Crippen LogP contribution < -0.4 is 10.5 Å². The topological polar surface area (TPSA) is 82.8 Å². The molecule has 4 nitrogen and oxygen atoms in total. The zero-order valence-corrected chi connectivity index (χ0v) is 12.8. The van der Waals surface area contributed by atoms with Gasteiger partial charge in [0.05, 0.1) is 23.9 Å². The van der Waals surface area contributed by atoms with Crippen LogP contribution in [0.25, 0.3) is 11.1 Å². The van der Waals surface area contributed by atoms with E-state index in [9.17, 15) is 10.5 Å². The zero-order valence-electron chi connectivity index (χ0n) is 12.0. The Hall–Kier alpha value is -2.63. The number of hydrogen-bond acceptors (Lipinski definition) is 5. The molecule has 0 fully saturated rings. The fourth-order valence-corrected chi connectivity index (χ4v) is 3.98. The van der Waals surface area contributed by atoms with Gasteiger partial charge in [-0.25, -0.2) is 0 Å². The van der Waals surface area contributed by atoms with Crippen LogP contribution in [-0.2, 0) is 6.42 Å². The lowest BCUT2D eigenvalue weighted by Crippen LogP contribution is -2.03. The lowest BCUT2D eigenvalue weighted by Gasteiger charge is -2.15. The highest BCUT2D eigenvalue weighted by Gasteiger charge is 2.26. The molecule has 0 unspecified atom stereocenters. The van der Waals surface area contributed by atoms with E-state index in [2.05, 4.69) is 12.1 Å². The molecule has 1 aliphatic heterocycles. The van der Waals surface area contributed by atoms with Gasteiger partial charge in [0, 0.05) is 16.2 Å². The Morgan fingerprint density at radius 2 is 1.82 bits per heavy atom. The predicted octanol–water partition coefficient (Wildman–Crippen LogP) is 3.34. The first-order valence-electron chi connectivity index (χ1n) is 6.77. The first-order valence-corrected chi connectivity index (χ1v) is 7.75.